The number of amides is 1. The van der Waals surface area contributed by atoms with Gasteiger partial charge in [0.1, 0.15) is 11.4 Å². The third-order valence-corrected chi connectivity index (χ3v) is 3.33. The topological polar surface area (TPSA) is 87.2 Å². The van der Waals surface area contributed by atoms with Crippen molar-refractivity contribution in [1.29, 1.82) is 0 Å². The number of aromatic nitrogens is 2. The average molecular weight is 303 g/mol. The predicted molar refractivity (Wildman–Crippen MR) is 83.8 cm³/mol. The highest BCUT2D eigenvalue weighted by atomic mass is 16.5. The molecule has 0 aliphatic rings. The molecule has 1 heterocycles. The van der Waals surface area contributed by atoms with Crippen molar-refractivity contribution in [2.45, 2.75) is 25.9 Å². The van der Waals surface area contributed by atoms with Crippen molar-refractivity contribution >= 4 is 5.91 Å². The van der Waals surface area contributed by atoms with E-state index in [2.05, 4.69) is 15.5 Å². The minimum Gasteiger partial charge on any atom is -0.496 e. The number of carbonyl (C=O) groups excluding carboxylic acids is 1. The molecule has 0 bridgehead atoms. The van der Waals surface area contributed by atoms with Crippen LogP contribution in [0.1, 0.15) is 30.3 Å². The molecule has 1 amide bonds. The van der Waals surface area contributed by atoms with Crippen LogP contribution in [0.5, 0.6) is 5.75 Å². The van der Waals surface area contributed by atoms with E-state index >= 15 is 0 Å². The summed E-state index contributed by atoms with van der Waals surface area (Å²) in [5, 5.41) is 19.2. The standard InChI is InChI=1S/C16H21N3O3/c1-3-6-11(20)10-17-16(21)14-9-13(18-19-14)12-7-4-5-8-15(12)22-2/h4-5,7-9,11,20H,3,6,10H2,1-2H3,(H,17,21)(H,18,19). The molecule has 118 valence electrons. The molecule has 0 fully saturated rings. The Kier molecular flexibility index (Phi) is 5.55. The maximum absolute atomic E-state index is 12.0. The number of methoxy groups -OCH3 is 1. The van der Waals surface area contributed by atoms with Crippen LogP contribution in [0.3, 0.4) is 0 Å². The summed E-state index contributed by atoms with van der Waals surface area (Å²) in [5.41, 5.74) is 1.80. The fourth-order valence-electron chi connectivity index (χ4n) is 2.17. The van der Waals surface area contributed by atoms with Gasteiger partial charge in [-0.2, -0.15) is 5.10 Å². The van der Waals surface area contributed by atoms with Crippen LogP contribution in [-0.2, 0) is 0 Å². The van der Waals surface area contributed by atoms with Crippen LogP contribution < -0.4 is 10.1 Å². The van der Waals surface area contributed by atoms with E-state index in [9.17, 15) is 9.90 Å². The van der Waals surface area contributed by atoms with Crippen LogP contribution in [-0.4, -0.2) is 41.0 Å². The van der Waals surface area contributed by atoms with Gasteiger partial charge in [-0.05, 0) is 24.6 Å². The van der Waals surface area contributed by atoms with Crippen molar-refractivity contribution in [3.8, 4) is 17.0 Å². The Morgan fingerprint density at radius 1 is 1.45 bits per heavy atom. The minimum atomic E-state index is -0.523. The number of hydrogen-bond acceptors (Lipinski definition) is 4. The number of aliphatic hydroxyl groups excluding tert-OH is 1. The van der Waals surface area contributed by atoms with E-state index in [1.807, 2.05) is 31.2 Å². The Balaban J connectivity index is 2.06. The van der Waals surface area contributed by atoms with Gasteiger partial charge >= 0.3 is 0 Å². The van der Waals surface area contributed by atoms with Gasteiger partial charge in [0.05, 0.1) is 18.9 Å². The molecule has 0 saturated heterocycles. The van der Waals surface area contributed by atoms with E-state index in [0.717, 1.165) is 12.0 Å². The zero-order valence-corrected chi connectivity index (χ0v) is 12.8. The number of aliphatic hydroxyl groups is 1. The van der Waals surface area contributed by atoms with E-state index in [4.69, 9.17) is 4.74 Å². The summed E-state index contributed by atoms with van der Waals surface area (Å²) in [6.45, 7) is 2.22. The summed E-state index contributed by atoms with van der Waals surface area (Å²) in [6, 6.07) is 9.14. The normalized spacial score (nSPS) is 12.0. The molecule has 0 radical (unpaired) electrons. The van der Waals surface area contributed by atoms with E-state index < -0.39 is 6.10 Å². The zero-order chi connectivity index (χ0) is 15.9. The maximum Gasteiger partial charge on any atom is 0.269 e. The van der Waals surface area contributed by atoms with Crippen LogP contribution in [0.15, 0.2) is 30.3 Å². The Bertz CT molecular complexity index is 625. The first-order chi connectivity index (χ1) is 10.7. The summed E-state index contributed by atoms with van der Waals surface area (Å²) in [5.74, 6) is 0.406. The first-order valence-corrected chi connectivity index (χ1v) is 7.30. The van der Waals surface area contributed by atoms with Gasteiger partial charge < -0.3 is 15.2 Å². The molecule has 6 nitrogen and oxygen atoms in total. The van der Waals surface area contributed by atoms with Gasteiger partial charge in [-0.1, -0.05) is 25.5 Å². The minimum absolute atomic E-state index is 0.232. The molecule has 0 aliphatic heterocycles. The molecule has 0 aliphatic carbocycles. The van der Waals surface area contributed by atoms with Crippen molar-refractivity contribution in [2.75, 3.05) is 13.7 Å². The second-order valence-electron chi connectivity index (χ2n) is 5.02. The van der Waals surface area contributed by atoms with Gasteiger partial charge in [0.15, 0.2) is 0 Å². The predicted octanol–water partition coefficient (Wildman–Crippen LogP) is 1.98. The van der Waals surface area contributed by atoms with Gasteiger partial charge in [0, 0.05) is 12.1 Å². The maximum atomic E-state index is 12.0. The third kappa shape index (κ3) is 3.85. The van der Waals surface area contributed by atoms with Crippen molar-refractivity contribution < 1.29 is 14.6 Å². The van der Waals surface area contributed by atoms with E-state index in [1.165, 1.54) is 0 Å². The number of ether oxygens (including phenoxy) is 1. The molecule has 1 atom stereocenters. The summed E-state index contributed by atoms with van der Waals surface area (Å²) >= 11 is 0. The molecule has 22 heavy (non-hydrogen) atoms. The molecular weight excluding hydrogens is 282 g/mol. The van der Waals surface area contributed by atoms with Crippen LogP contribution in [0.4, 0.5) is 0 Å². The first-order valence-electron chi connectivity index (χ1n) is 7.30. The molecule has 1 unspecified atom stereocenters. The number of nitrogens with one attached hydrogen (secondary N) is 2. The largest absolute Gasteiger partial charge is 0.496 e. The zero-order valence-electron chi connectivity index (χ0n) is 12.8. The third-order valence-electron chi connectivity index (χ3n) is 3.33. The van der Waals surface area contributed by atoms with Gasteiger partial charge in [0.25, 0.3) is 5.91 Å². The summed E-state index contributed by atoms with van der Waals surface area (Å²) < 4.78 is 5.29. The molecule has 2 aromatic rings. The Morgan fingerprint density at radius 3 is 2.95 bits per heavy atom. The van der Waals surface area contributed by atoms with Crippen LogP contribution in [0.25, 0.3) is 11.3 Å². The van der Waals surface area contributed by atoms with Gasteiger partial charge in [-0.25, -0.2) is 0 Å². The van der Waals surface area contributed by atoms with E-state index in [1.54, 1.807) is 13.2 Å². The summed E-state index contributed by atoms with van der Waals surface area (Å²) in [6.07, 6.45) is 1.01. The number of aromatic amines is 1. The number of benzene rings is 1. The molecule has 0 saturated carbocycles. The van der Waals surface area contributed by atoms with E-state index in [0.29, 0.717) is 23.6 Å². The SMILES string of the molecule is CCCC(O)CNC(=O)c1cc(-c2ccccc2OC)n[nH]1. The molecule has 1 aromatic heterocycles. The lowest BCUT2D eigenvalue weighted by molar-refractivity contribution is 0.0905. The Hall–Kier alpha value is -2.34. The molecule has 6 heteroatoms. The van der Waals surface area contributed by atoms with Crippen LogP contribution >= 0.6 is 0 Å². The number of carbonyl (C=O) groups is 1. The lowest BCUT2D eigenvalue weighted by Crippen LogP contribution is -2.32. The number of hydrogen-bond donors (Lipinski definition) is 3. The highest BCUT2D eigenvalue weighted by molar-refractivity contribution is 5.93. The van der Waals surface area contributed by atoms with Gasteiger partial charge in [0.2, 0.25) is 0 Å². The lowest BCUT2D eigenvalue weighted by Gasteiger charge is -2.09. The lowest BCUT2D eigenvalue weighted by atomic mass is 10.1. The highest BCUT2D eigenvalue weighted by Gasteiger charge is 2.14. The van der Waals surface area contributed by atoms with Crippen LogP contribution in [0.2, 0.25) is 0 Å². The monoisotopic (exact) mass is 303 g/mol. The summed E-state index contributed by atoms with van der Waals surface area (Å²) in [7, 11) is 1.59. The van der Waals surface area contributed by atoms with Crippen LogP contribution in [0, 0.1) is 0 Å². The number of H-pyrrole nitrogens is 1. The first kappa shape index (κ1) is 16.0. The van der Waals surface area contributed by atoms with Crippen molar-refractivity contribution in [1.82, 2.24) is 15.5 Å². The van der Waals surface area contributed by atoms with Crippen molar-refractivity contribution in [2.24, 2.45) is 0 Å². The average Bonchev–Trinajstić information content (AvgIpc) is 3.02. The summed E-state index contributed by atoms with van der Waals surface area (Å²) in [4.78, 5) is 12.0. The smallest absolute Gasteiger partial charge is 0.269 e. The van der Waals surface area contributed by atoms with Crippen molar-refractivity contribution in [3.05, 3.63) is 36.0 Å². The highest BCUT2D eigenvalue weighted by Crippen LogP contribution is 2.28. The quantitative estimate of drug-likeness (QED) is 0.730. The molecule has 3 N–H and O–H groups in total. The Morgan fingerprint density at radius 2 is 2.23 bits per heavy atom. The number of rotatable bonds is 7. The fraction of sp³-hybridized carbons (Fsp3) is 0.375. The number of para-hydroxylation sites is 1. The molecular formula is C16H21N3O3. The van der Waals surface area contributed by atoms with Gasteiger partial charge in [-0.3, -0.25) is 9.89 Å². The van der Waals surface area contributed by atoms with E-state index in [-0.39, 0.29) is 12.5 Å². The Labute approximate surface area is 129 Å². The molecule has 1 aromatic carbocycles. The molecule has 2 rings (SSSR count). The second-order valence-corrected chi connectivity index (χ2v) is 5.02. The van der Waals surface area contributed by atoms with Crippen molar-refractivity contribution in [3.63, 3.8) is 0 Å². The second kappa shape index (κ2) is 7.61. The number of nitrogens with zero attached hydrogens (tertiary/aromatic N) is 1. The molecule has 0 spiro atoms. The van der Waals surface area contributed by atoms with Gasteiger partial charge in [-0.15, -0.1) is 0 Å². The fourth-order valence-corrected chi connectivity index (χ4v) is 2.17.